The molecule has 114 valence electrons. The molecule has 0 aromatic heterocycles. The first-order valence-corrected chi connectivity index (χ1v) is 8.13. The van der Waals surface area contributed by atoms with Crippen LogP contribution in [0.15, 0.2) is 24.3 Å². The van der Waals surface area contributed by atoms with E-state index in [-0.39, 0.29) is 0 Å². The Morgan fingerprint density at radius 3 is 2.50 bits per heavy atom. The Kier molecular flexibility index (Phi) is 9.35. The second-order valence-corrected chi connectivity index (χ2v) is 5.68. The molecule has 1 aromatic carbocycles. The van der Waals surface area contributed by atoms with E-state index in [1.807, 2.05) is 0 Å². The Hall–Kier alpha value is -0.860. The van der Waals surface area contributed by atoms with Crippen molar-refractivity contribution in [3.8, 4) is 0 Å². The molecule has 1 N–H and O–H groups in total. The van der Waals surface area contributed by atoms with Crippen LogP contribution >= 0.6 is 0 Å². The highest BCUT2D eigenvalue weighted by Gasteiger charge is 2.04. The van der Waals surface area contributed by atoms with Crippen molar-refractivity contribution in [2.24, 2.45) is 5.92 Å². The van der Waals surface area contributed by atoms with Crippen LogP contribution < -0.4 is 5.32 Å². The monoisotopic (exact) mass is 277 g/mol. The third-order valence-corrected chi connectivity index (χ3v) is 3.56. The van der Waals surface area contributed by atoms with Crippen molar-refractivity contribution in [2.45, 2.75) is 53.1 Å². The molecule has 20 heavy (non-hydrogen) atoms. The summed E-state index contributed by atoms with van der Waals surface area (Å²) in [5, 5.41) is 3.46. The van der Waals surface area contributed by atoms with Crippen molar-refractivity contribution in [2.75, 3.05) is 19.7 Å². The van der Waals surface area contributed by atoms with E-state index in [1.54, 1.807) is 0 Å². The molecule has 2 nitrogen and oxygen atoms in total. The summed E-state index contributed by atoms with van der Waals surface area (Å²) >= 11 is 0. The summed E-state index contributed by atoms with van der Waals surface area (Å²) in [5.74, 6) is 0.665. The van der Waals surface area contributed by atoms with Crippen LogP contribution in [-0.4, -0.2) is 19.7 Å². The molecule has 1 unspecified atom stereocenters. The topological polar surface area (TPSA) is 21.3 Å². The SMILES string of the molecule is CCCNCCc1ccccc1COCC(C)CCC. The largest absolute Gasteiger partial charge is 0.376 e. The fourth-order valence-electron chi connectivity index (χ4n) is 2.41. The molecule has 0 bridgehead atoms. The molecule has 0 aliphatic rings. The Morgan fingerprint density at radius 1 is 1.05 bits per heavy atom. The van der Waals surface area contributed by atoms with Crippen molar-refractivity contribution in [3.63, 3.8) is 0 Å². The van der Waals surface area contributed by atoms with Gasteiger partial charge in [0.2, 0.25) is 0 Å². The zero-order valence-electron chi connectivity index (χ0n) is 13.5. The maximum absolute atomic E-state index is 5.88. The summed E-state index contributed by atoms with van der Waals surface area (Å²) in [6.07, 6.45) is 4.77. The van der Waals surface area contributed by atoms with Crippen LogP contribution in [0.25, 0.3) is 0 Å². The molecular formula is C18H31NO. The van der Waals surface area contributed by atoms with E-state index in [1.165, 1.54) is 30.4 Å². The van der Waals surface area contributed by atoms with Crippen LogP contribution in [-0.2, 0) is 17.8 Å². The summed E-state index contributed by atoms with van der Waals surface area (Å²) in [7, 11) is 0. The molecule has 0 spiro atoms. The van der Waals surface area contributed by atoms with E-state index >= 15 is 0 Å². The van der Waals surface area contributed by atoms with Gasteiger partial charge in [0.05, 0.1) is 6.61 Å². The summed E-state index contributed by atoms with van der Waals surface area (Å²) in [6, 6.07) is 8.65. The van der Waals surface area contributed by atoms with E-state index in [2.05, 4.69) is 50.4 Å². The summed E-state index contributed by atoms with van der Waals surface area (Å²) in [5.41, 5.74) is 2.76. The average molecular weight is 277 g/mol. The van der Waals surface area contributed by atoms with Gasteiger partial charge < -0.3 is 10.1 Å². The van der Waals surface area contributed by atoms with Gasteiger partial charge in [0.25, 0.3) is 0 Å². The number of benzene rings is 1. The first kappa shape index (κ1) is 17.2. The van der Waals surface area contributed by atoms with Gasteiger partial charge in [-0.1, -0.05) is 51.5 Å². The Bertz CT molecular complexity index is 351. The van der Waals surface area contributed by atoms with E-state index in [0.29, 0.717) is 5.92 Å². The van der Waals surface area contributed by atoms with Gasteiger partial charge in [-0.2, -0.15) is 0 Å². The third kappa shape index (κ3) is 7.06. The molecule has 1 aromatic rings. The first-order valence-electron chi connectivity index (χ1n) is 8.13. The fourth-order valence-corrected chi connectivity index (χ4v) is 2.41. The first-order chi connectivity index (χ1) is 9.77. The van der Waals surface area contributed by atoms with Crippen molar-refractivity contribution in [1.29, 1.82) is 0 Å². The molecule has 0 aliphatic carbocycles. The van der Waals surface area contributed by atoms with Crippen molar-refractivity contribution in [1.82, 2.24) is 5.32 Å². The van der Waals surface area contributed by atoms with Crippen LogP contribution in [0.2, 0.25) is 0 Å². The maximum atomic E-state index is 5.88. The van der Waals surface area contributed by atoms with Gasteiger partial charge >= 0.3 is 0 Å². The van der Waals surface area contributed by atoms with Gasteiger partial charge in [-0.05, 0) is 49.4 Å². The highest BCUT2D eigenvalue weighted by Crippen LogP contribution is 2.12. The van der Waals surface area contributed by atoms with Crippen LogP contribution in [0.4, 0.5) is 0 Å². The Labute approximate surface area is 124 Å². The molecule has 0 saturated heterocycles. The molecule has 0 radical (unpaired) electrons. The van der Waals surface area contributed by atoms with E-state index in [0.717, 1.165) is 32.7 Å². The number of hydrogen-bond acceptors (Lipinski definition) is 2. The molecule has 1 rings (SSSR count). The average Bonchev–Trinajstić information content (AvgIpc) is 2.45. The molecule has 0 amide bonds. The second kappa shape index (κ2) is 10.9. The van der Waals surface area contributed by atoms with Gasteiger partial charge in [0.15, 0.2) is 0 Å². The van der Waals surface area contributed by atoms with Gasteiger partial charge in [0, 0.05) is 6.61 Å². The van der Waals surface area contributed by atoms with Crippen molar-refractivity contribution < 1.29 is 4.74 Å². The minimum absolute atomic E-state index is 0.665. The van der Waals surface area contributed by atoms with Crippen LogP contribution in [0, 0.1) is 5.92 Å². The number of nitrogens with one attached hydrogen (secondary N) is 1. The highest BCUT2D eigenvalue weighted by atomic mass is 16.5. The van der Waals surface area contributed by atoms with E-state index < -0.39 is 0 Å². The lowest BCUT2D eigenvalue weighted by Gasteiger charge is -2.13. The summed E-state index contributed by atoms with van der Waals surface area (Å²) in [4.78, 5) is 0. The predicted molar refractivity (Wildman–Crippen MR) is 87.0 cm³/mol. The molecular weight excluding hydrogens is 246 g/mol. The third-order valence-electron chi connectivity index (χ3n) is 3.56. The Morgan fingerprint density at radius 2 is 1.80 bits per heavy atom. The van der Waals surface area contributed by atoms with Crippen LogP contribution in [0.5, 0.6) is 0 Å². The highest BCUT2D eigenvalue weighted by molar-refractivity contribution is 5.26. The zero-order valence-corrected chi connectivity index (χ0v) is 13.5. The molecule has 1 atom stereocenters. The normalized spacial score (nSPS) is 12.6. The summed E-state index contributed by atoms with van der Waals surface area (Å²) < 4.78 is 5.88. The minimum Gasteiger partial charge on any atom is -0.376 e. The second-order valence-electron chi connectivity index (χ2n) is 5.68. The van der Waals surface area contributed by atoms with Crippen LogP contribution in [0.1, 0.15) is 51.2 Å². The maximum Gasteiger partial charge on any atom is 0.0719 e. The summed E-state index contributed by atoms with van der Waals surface area (Å²) in [6.45, 7) is 10.5. The molecule has 0 fully saturated rings. The van der Waals surface area contributed by atoms with Gasteiger partial charge in [-0.25, -0.2) is 0 Å². The van der Waals surface area contributed by atoms with Gasteiger partial charge in [-0.15, -0.1) is 0 Å². The molecule has 0 aliphatic heterocycles. The van der Waals surface area contributed by atoms with Crippen molar-refractivity contribution >= 4 is 0 Å². The Balaban J connectivity index is 2.36. The minimum atomic E-state index is 0.665. The number of ether oxygens (including phenoxy) is 1. The number of hydrogen-bond donors (Lipinski definition) is 1. The lowest BCUT2D eigenvalue weighted by molar-refractivity contribution is 0.0889. The number of rotatable bonds is 11. The molecule has 0 saturated carbocycles. The van der Waals surface area contributed by atoms with Gasteiger partial charge in [-0.3, -0.25) is 0 Å². The van der Waals surface area contributed by atoms with E-state index in [9.17, 15) is 0 Å². The van der Waals surface area contributed by atoms with E-state index in [4.69, 9.17) is 4.74 Å². The molecule has 2 heteroatoms. The quantitative estimate of drug-likeness (QED) is 0.613. The lowest BCUT2D eigenvalue weighted by atomic mass is 10.0. The smallest absolute Gasteiger partial charge is 0.0719 e. The lowest BCUT2D eigenvalue weighted by Crippen LogP contribution is -2.18. The molecule has 0 heterocycles. The van der Waals surface area contributed by atoms with Crippen LogP contribution in [0.3, 0.4) is 0 Å². The standard InChI is InChI=1S/C18H31NO/c1-4-8-16(3)14-20-15-18-10-7-6-9-17(18)11-13-19-12-5-2/h6-7,9-10,16,19H,4-5,8,11-15H2,1-3H3. The fraction of sp³-hybridized carbons (Fsp3) is 0.667. The van der Waals surface area contributed by atoms with Gasteiger partial charge in [0.1, 0.15) is 0 Å². The zero-order chi connectivity index (χ0) is 14.6. The predicted octanol–water partition coefficient (Wildman–Crippen LogP) is 4.18. The van der Waals surface area contributed by atoms with Crippen molar-refractivity contribution in [3.05, 3.63) is 35.4 Å².